The van der Waals surface area contributed by atoms with Crippen LogP contribution in [0.25, 0.3) is 0 Å². The van der Waals surface area contributed by atoms with Crippen LogP contribution < -0.4 is 5.32 Å². The van der Waals surface area contributed by atoms with Crippen LogP contribution in [0.1, 0.15) is 41.1 Å². The van der Waals surface area contributed by atoms with E-state index in [1.165, 1.54) is 6.07 Å². The van der Waals surface area contributed by atoms with Crippen molar-refractivity contribution in [2.24, 2.45) is 0 Å². The number of aryl methyl sites for hydroxylation is 2. The molecule has 0 unspecified atom stereocenters. The molecule has 1 atom stereocenters. The van der Waals surface area contributed by atoms with E-state index in [2.05, 4.69) is 10.5 Å². The molecule has 23 heavy (non-hydrogen) atoms. The number of carbonyl (C=O) groups is 1. The van der Waals surface area contributed by atoms with Gasteiger partial charge in [-0.25, -0.2) is 0 Å². The summed E-state index contributed by atoms with van der Waals surface area (Å²) >= 11 is 0. The van der Waals surface area contributed by atoms with Gasteiger partial charge in [0.2, 0.25) is 5.91 Å². The van der Waals surface area contributed by atoms with Gasteiger partial charge in [-0.2, -0.15) is 13.2 Å². The maximum absolute atomic E-state index is 12.7. The molecule has 0 bridgehead atoms. The second-order valence-electron chi connectivity index (χ2n) is 5.39. The van der Waals surface area contributed by atoms with E-state index >= 15 is 0 Å². The Morgan fingerprint density at radius 2 is 2.04 bits per heavy atom. The number of halogens is 3. The van der Waals surface area contributed by atoms with E-state index in [0.717, 1.165) is 12.1 Å². The molecule has 0 aliphatic rings. The van der Waals surface area contributed by atoms with Crippen LogP contribution in [0, 0.1) is 13.8 Å². The van der Waals surface area contributed by atoms with Gasteiger partial charge in [-0.3, -0.25) is 4.79 Å². The lowest BCUT2D eigenvalue weighted by molar-refractivity contribution is -0.137. The van der Waals surface area contributed by atoms with Gasteiger partial charge in [0.15, 0.2) is 0 Å². The van der Waals surface area contributed by atoms with Crippen molar-refractivity contribution in [3.8, 4) is 0 Å². The largest absolute Gasteiger partial charge is 0.416 e. The van der Waals surface area contributed by atoms with E-state index in [1.54, 1.807) is 26.8 Å². The number of aromatic nitrogens is 1. The Morgan fingerprint density at radius 3 is 2.61 bits per heavy atom. The molecule has 0 fully saturated rings. The molecule has 7 heteroatoms. The molecule has 0 aliphatic heterocycles. The minimum absolute atomic E-state index is 0.0739. The number of alkyl halides is 3. The zero-order chi connectivity index (χ0) is 17.2. The summed E-state index contributed by atoms with van der Waals surface area (Å²) in [6.07, 6.45) is -4.33. The van der Waals surface area contributed by atoms with Gasteiger partial charge in [-0.15, -0.1) is 0 Å². The second-order valence-corrected chi connectivity index (χ2v) is 5.39. The number of nitrogens with zero attached hydrogens (tertiary/aromatic N) is 1. The average molecular weight is 326 g/mol. The highest BCUT2D eigenvalue weighted by Gasteiger charge is 2.30. The Kier molecular flexibility index (Phi) is 4.77. The maximum atomic E-state index is 12.7. The molecule has 2 aromatic rings. The number of hydrogen-bond acceptors (Lipinski definition) is 3. The lowest BCUT2D eigenvalue weighted by Gasteiger charge is -2.16. The summed E-state index contributed by atoms with van der Waals surface area (Å²) in [5, 5.41) is 6.46. The molecule has 1 N–H and O–H groups in total. The van der Waals surface area contributed by atoms with Crippen molar-refractivity contribution in [3.63, 3.8) is 0 Å². The van der Waals surface area contributed by atoms with E-state index in [4.69, 9.17) is 4.52 Å². The number of nitrogens with one attached hydrogen (secondary N) is 1. The second kappa shape index (κ2) is 6.44. The van der Waals surface area contributed by atoms with Gasteiger partial charge < -0.3 is 9.84 Å². The predicted octanol–water partition coefficient (Wildman–Crippen LogP) is 3.73. The number of rotatable bonds is 4. The normalized spacial score (nSPS) is 13.0. The van der Waals surface area contributed by atoms with Crippen LogP contribution in [0.4, 0.5) is 13.2 Å². The summed E-state index contributed by atoms with van der Waals surface area (Å²) in [6.45, 7) is 5.08. The summed E-state index contributed by atoms with van der Waals surface area (Å²) in [7, 11) is 0. The van der Waals surface area contributed by atoms with Gasteiger partial charge >= 0.3 is 6.18 Å². The Morgan fingerprint density at radius 1 is 1.35 bits per heavy atom. The molecular formula is C16H17F3N2O2. The lowest BCUT2D eigenvalue weighted by atomic mass is 10.0. The van der Waals surface area contributed by atoms with E-state index in [-0.39, 0.29) is 12.3 Å². The summed E-state index contributed by atoms with van der Waals surface area (Å²) in [4.78, 5) is 12.1. The molecule has 0 saturated carbocycles. The van der Waals surface area contributed by atoms with Crippen LogP contribution >= 0.6 is 0 Å². The first kappa shape index (κ1) is 17.1. The van der Waals surface area contributed by atoms with Crippen LogP contribution in [0.3, 0.4) is 0 Å². The molecule has 1 amide bonds. The first-order chi connectivity index (χ1) is 10.7. The number of hydrogen-bond donors (Lipinski definition) is 1. The molecule has 1 aromatic carbocycles. The predicted molar refractivity (Wildman–Crippen MR) is 77.7 cm³/mol. The van der Waals surface area contributed by atoms with Crippen molar-refractivity contribution in [3.05, 3.63) is 52.4 Å². The van der Waals surface area contributed by atoms with Crippen molar-refractivity contribution >= 4 is 5.91 Å². The third-order valence-corrected chi connectivity index (χ3v) is 3.61. The molecule has 0 spiro atoms. The standard InChI is InChI=1S/C16H17F3N2O2/c1-9(12-5-4-6-13(7-12)16(17,18)19)20-15(22)8-14-10(2)21-23-11(14)3/h4-7,9H,8H2,1-3H3,(H,20,22)/t9-/m1/s1. The van der Waals surface area contributed by atoms with E-state index in [1.807, 2.05) is 0 Å². The van der Waals surface area contributed by atoms with Gasteiger partial charge in [0.25, 0.3) is 0 Å². The van der Waals surface area contributed by atoms with E-state index in [0.29, 0.717) is 22.6 Å². The van der Waals surface area contributed by atoms with Crippen molar-refractivity contribution in [2.75, 3.05) is 0 Å². The molecule has 0 aliphatic carbocycles. The number of benzene rings is 1. The van der Waals surface area contributed by atoms with Crippen LogP contribution in [0.5, 0.6) is 0 Å². The smallest absolute Gasteiger partial charge is 0.361 e. The molecular weight excluding hydrogens is 309 g/mol. The van der Waals surface area contributed by atoms with Gasteiger partial charge in [-0.1, -0.05) is 17.3 Å². The van der Waals surface area contributed by atoms with Crippen LogP contribution in [-0.2, 0) is 17.4 Å². The van der Waals surface area contributed by atoms with Gasteiger partial charge in [0.05, 0.1) is 23.7 Å². The van der Waals surface area contributed by atoms with Crippen molar-refractivity contribution < 1.29 is 22.5 Å². The first-order valence-corrected chi connectivity index (χ1v) is 7.06. The highest BCUT2D eigenvalue weighted by Crippen LogP contribution is 2.30. The van der Waals surface area contributed by atoms with E-state index < -0.39 is 17.8 Å². The van der Waals surface area contributed by atoms with E-state index in [9.17, 15) is 18.0 Å². The summed E-state index contributed by atoms with van der Waals surface area (Å²) in [5.41, 5.74) is 0.983. The fourth-order valence-corrected chi connectivity index (χ4v) is 2.28. The molecule has 0 saturated heterocycles. The Labute approximate surface area is 131 Å². The zero-order valence-electron chi connectivity index (χ0n) is 13.0. The Balaban J connectivity index is 2.07. The van der Waals surface area contributed by atoms with Gasteiger partial charge in [-0.05, 0) is 38.5 Å². The minimum atomic E-state index is -4.41. The number of carbonyl (C=O) groups excluding carboxylic acids is 1. The highest BCUT2D eigenvalue weighted by atomic mass is 19.4. The quantitative estimate of drug-likeness (QED) is 0.931. The monoisotopic (exact) mass is 326 g/mol. The summed E-state index contributed by atoms with van der Waals surface area (Å²) in [6, 6.07) is 4.39. The van der Waals surface area contributed by atoms with Crippen molar-refractivity contribution in [1.82, 2.24) is 10.5 Å². The third kappa shape index (κ3) is 4.12. The maximum Gasteiger partial charge on any atom is 0.416 e. The first-order valence-electron chi connectivity index (χ1n) is 7.06. The summed E-state index contributed by atoms with van der Waals surface area (Å²) < 4.78 is 43.2. The van der Waals surface area contributed by atoms with Crippen LogP contribution in [0.15, 0.2) is 28.8 Å². The molecule has 1 aromatic heterocycles. The molecule has 124 valence electrons. The van der Waals surface area contributed by atoms with Gasteiger partial charge in [0.1, 0.15) is 5.76 Å². The zero-order valence-corrected chi connectivity index (χ0v) is 13.0. The SMILES string of the molecule is Cc1noc(C)c1CC(=O)N[C@H](C)c1cccc(C(F)(F)F)c1. The Hall–Kier alpha value is -2.31. The van der Waals surface area contributed by atoms with Crippen LogP contribution in [-0.4, -0.2) is 11.1 Å². The number of amides is 1. The molecule has 1 heterocycles. The fraction of sp³-hybridized carbons (Fsp3) is 0.375. The van der Waals surface area contributed by atoms with Crippen molar-refractivity contribution in [2.45, 2.75) is 39.4 Å². The lowest BCUT2D eigenvalue weighted by Crippen LogP contribution is -2.28. The topological polar surface area (TPSA) is 55.1 Å². The molecule has 0 radical (unpaired) electrons. The van der Waals surface area contributed by atoms with Gasteiger partial charge in [0, 0.05) is 5.56 Å². The summed E-state index contributed by atoms with van der Waals surface area (Å²) in [5.74, 6) is 0.258. The molecule has 4 nitrogen and oxygen atoms in total. The van der Waals surface area contributed by atoms with Crippen molar-refractivity contribution in [1.29, 1.82) is 0 Å². The van der Waals surface area contributed by atoms with Crippen LogP contribution in [0.2, 0.25) is 0 Å². The highest BCUT2D eigenvalue weighted by molar-refractivity contribution is 5.79. The average Bonchev–Trinajstić information content (AvgIpc) is 2.78. The third-order valence-electron chi connectivity index (χ3n) is 3.61. The fourth-order valence-electron chi connectivity index (χ4n) is 2.28. The molecule has 2 rings (SSSR count). The minimum Gasteiger partial charge on any atom is -0.361 e. The Bertz CT molecular complexity index is 688.